The van der Waals surface area contributed by atoms with Gasteiger partial charge in [0.05, 0.1) is 0 Å². The van der Waals surface area contributed by atoms with E-state index in [2.05, 4.69) is 6.92 Å². The molecule has 0 amide bonds. The maximum Gasteiger partial charge on any atom is 2.00 e. The van der Waals surface area contributed by atoms with Crippen LogP contribution < -0.4 is 5.14 Å². The summed E-state index contributed by atoms with van der Waals surface area (Å²) in [6.45, 7) is 4.98. The molecule has 2 N–H and O–H groups in total. The molecule has 5 nitrogen and oxygen atoms in total. The Balaban J connectivity index is 0.00000225. The predicted molar refractivity (Wildman–Crippen MR) is 59.2 cm³/mol. The Hall–Kier alpha value is 0.132. The zero-order chi connectivity index (χ0) is 11.6. The molecule has 1 aromatic rings. The zero-order valence-corrected chi connectivity index (χ0v) is 14.4. The molecule has 0 fully saturated rings. The van der Waals surface area contributed by atoms with Crippen LogP contribution in [0.15, 0.2) is 10.3 Å². The third kappa shape index (κ3) is 3.57. The van der Waals surface area contributed by atoms with Crippen molar-refractivity contribution in [2.45, 2.75) is 11.8 Å². The molecule has 0 saturated carbocycles. The van der Waals surface area contributed by atoms with E-state index in [0.29, 0.717) is 4.88 Å². The minimum Gasteiger partial charge on any atom is -0.771 e. The van der Waals surface area contributed by atoms with Gasteiger partial charge in [-0.2, -0.15) is 0 Å². The van der Waals surface area contributed by atoms with Crippen LogP contribution in [0.2, 0.25) is 0 Å². The first-order chi connectivity index (χ1) is 6.88. The van der Waals surface area contributed by atoms with Crippen LogP contribution >= 0.6 is 11.3 Å². The topological polar surface area (TPSA) is 91.7 Å². The Kier molecular flexibility index (Phi) is 6.22. The Bertz CT molecular complexity index is 481. The van der Waals surface area contributed by atoms with Crippen molar-refractivity contribution in [2.75, 3.05) is 6.61 Å². The number of sulfonamides is 1. The van der Waals surface area contributed by atoms with E-state index >= 15 is 0 Å². The molecule has 0 spiro atoms. The molecule has 0 aliphatic carbocycles. The molecule has 0 atom stereocenters. The zero-order valence-electron chi connectivity index (χ0n) is 8.56. The standard InChI is InChI=1S/C8H10N2O3S2.U/c1-3-13-8(9)6-4-14-5(2)7(6)15(10,11)12;/h4H,1,3H2,2H3,(H2,10,11,12);/q-2;+2. The molecule has 0 radical (unpaired) electrons. The number of primary sulfonamides is 1. The Morgan fingerprint density at radius 2 is 2.25 bits per heavy atom. The number of hydrogen-bond acceptors (Lipinski definition) is 4. The molecule has 0 aliphatic rings. The van der Waals surface area contributed by atoms with Crippen LogP contribution in [0.5, 0.6) is 0 Å². The smallest absolute Gasteiger partial charge is 0.771 e. The summed E-state index contributed by atoms with van der Waals surface area (Å²) >= 11 is 1.17. The Morgan fingerprint density at radius 3 is 2.69 bits per heavy atom. The van der Waals surface area contributed by atoms with Crippen molar-refractivity contribution in [3.63, 3.8) is 0 Å². The van der Waals surface area contributed by atoms with Gasteiger partial charge < -0.3 is 17.1 Å². The minimum absolute atomic E-state index is 0. The van der Waals surface area contributed by atoms with Gasteiger partial charge in [-0.25, -0.2) is 13.6 Å². The summed E-state index contributed by atoms with van der Waals surface area (Å²) in [5.74, 6) is -0.474. The van der Waals surface area contributed by atoms with E-state index in [1.807, 2.05) is 0 Å². The molecule has 0 unspecified atom stereocenters. The van der Waals surface area contributed by atoms with Crippen LogP contribution in [0.25, 0.3) is 5.41 Å². The Labute approximate surface area is 122 Å². The fraction of sp³-hybridized carbons (Fsp3) is 0.250. The summed E-state index contributed by atoms with van der Waals surface area (Å²) < 4.78 is 27.2. The third-order valence-corrected chi connectivity index (χ3v) is 3.81. The molecular weight excluding hydrogens is 474 g/mol. The van der Waals surface area contributed by atoms with E-state index in [1.165, 1.54) is 16.7 Å². The van der Waals surface area contributed by atoms with E-state index < -0.39 is 15.9 Å². The van der Waals surface area contributed by atoms with Gasteiger partial charge in [-0.15, -0.1) is 11.3 Å². The third-order valence-electron chi connectivity index (χ3n) is 1.67. The summed E-state index contributed by atoms with van der Waals surface area (Å²) in [4.78, 5) is 0.408. The van der Waals surface area contributed by atoms with Crippen LogP contribution in [-0.4, -0.2) is 20.9 Å². The second-order valence-electron chi connectivity index (χ2n) is 2.73. The number of nitrogens with zero attached hydrogens (tertiary/aromatic N) is 1. The molecule has 1 rings (SSSR count). The molecule has 1 heterocycles. The first-order valence-electron chi connectivity index (χ1n) is 3.97. The van der Waals surface area contributed by atoms with E-state index in [0.717, 1.165) is 0 Å². The summed E-state index contributed by atoms with van der Waals surface area (Å²) in [5.41, 5.74) is 0.0867. The van der Waals surface area contributed by atoms with Crippen LogP contribution in [-0.2, 0) is 14.8 Å². The number of nitrogens with two attached hydrogens (primary N) is 1. The fourth-order valence-electron chi connectivity index (χ4n) is 1.12. The maximum atomic E-state index is 11.2. The number of ether oxygens (including phenoxy) is 1. The van der Waals surface area contributed by atoms with Gasteiger partial charge >= 0.3 is 31.1 Å². The van der Waals surface area contributed by atoms with E-state index in [9.17, 15) is 13.8 Å². The summed E-state index contributed by atoms with van der Waals surface area (Å²) in [7, 11) is -3.85. The van der Waals surface area contributed by atoms with Crippen LogP contribution in [0.3, 0.4) is 0 Å². The van der Waals surface area contributed by atoms with Crippen molar-refractivity contribution in [2.24, 2.45) is 5.14 Å². The molecule has 0 bridgehead atoms. The van der Waals surface area contributed by atoms with Crippen molar-refractivity contribution >= 4 is 27.3 Å². The molecule has 8 heteroatoms. The van der Waals surface area contributed by atoms with E-state index in [4.69, 9.17) is 9.88 Å². The second kappa shape index (κ2) is 6.17. The number of rotatable bonds is 3. The average molecular weight is 484 g/mol. The first kappa shape index (κ1) is 16.1. The van der Waals surface area contributed by atoms with Gasteiger partial charge in [-0.05, 0) is 13.5 Å². The quantitative estimate of drug-likeness (QED) is 0.392. The molecule has 0 saturated heterocycles. The molecule has 0 aliphatic heterocycles. The largest absolute Gasteiger partial charge is 2.00 e. The average Bonchev–Trinajstić information content (AvgIpc) is 2.46. The number of thiophene rings is 1. The second-order valence-corrected chi connectivity index (χ2v) is 5.32. The Morgan fingerprint density at radius 1 is 1.69 bits per heavy atom. The van der Waals surface area contributed by atoms with Crippen molar-refractivity contribution in [1.82, 2.24) is 0 Å². The molecular formula is C8H10N2O3S2U. The maximum absolute atomic E-state index is 11.2. The molecule has 86 valence electrons. The van der Waals surface area contributed by atoms with Gasteiger partial charge in [0.1, 0.15) is 4.90 Å². The van der Waals surface area contributed by atoms with Gasteiger partial charge in [-0.3, -0.25) is 0 Å². The summed E-state index contributed by atoms with van der Waals surface area (Å²) in [5, 5.41) is 15.9. The molecule has 1 aromatic heterocycles. The van der Waals surface area contributed by atoms with Gasteiger partial charge in [0.2, 0.25) is 10.0 Å². The summed E-state index contributed by atoms with van der Waals surface area (Å²) in [6, 6.07) is 0. The van der Waals surface area contributed by atoms with Crippen molar-refractivity contribution in [3.05, 3.63) is 28.2 Å². The van der Waals surface area contributed by atoms with Crippen molar-refractivity contribution < 1.29 is 44.3 Å². The SMILES string of the molecule is [CH2-]COC(=[N-])c1csc(C)c1S(N)(=O)=O.[U+2]. The van der Waals surface area contributed by atoms with E-state index in [-0.39, 0.29) is 48.2 Å². The van der Waals surface area contributed by atoms with Gasteiger partial charge in [0, 0.05) is 21.7 Å². The van der Waals surface area contributed by atoms with Gasteiger partial charge in [0.15, 0.2) is 0 Å². The first-order valence-corrected chi connectivity index (χ1v) is 6.39. The number of hydrogen-bond donors (Lipinski definition) is 1. The van der Waals surface area contributed by atoms with Crippen molar-refractivity contribution in [1.29, 1.82) is 0 Å². The summed E-state index contributed by atoms with van der Waals surface area (Å²) in [6.07, 6.45) is 0. The monoisotopic (exact) mass is 484 g/mol. The normalized spacial score (nSPS) is 10.7. The number of aryl methyl sites for hydroxylation is 1. The predicted octanol–water partition coefficient (Wildman–Crippen LogP) is 0.871. The van der Waals surface area contributed by atoms with Crippen LogP contribution in [0.1, 0.15) is 10.4 Å². The molecule has 16 heavy (non-hydrogen) atoms. The molecule has 0 aromatic carbocycles. The minimum atomic E-state index is -3.85. The van der Waals surface area contributed by atoms with Gasteiger partial charge in [0.25, 0.3) is 0 Å². The van der Waals surface area contributed by atoms with Crippen LogP contribution in [0, 0.1) is 45.0 Å². The van der Waals surface area contributed by atoms with E-state index in [1.54, 1.807) is 6.92 Å². The van der Waals surface area contributed by atoms with Gasteiger partial charge in [-0.1, -0.05) is 0 Å². The van der Waals surface area contributed by atoms with Crippen molar-refractivity contribution in [3.8, 4) is 0 Å². The van der Waals surface area contributed by atoms with Crippen LogP contribution in [0.4, 0.5) is 0 Å². The fourth-order valence-corrected chi connectivity index (χ4v) is 3.27.